The minimum Gasteiger partial charge on any atom is -0.394 e. The largest absolute Gasteiger partial charge is 0.394 e. The number of nitrogens with zero attached hydrogens (tertiary/aromatic N) is 1. The van der Waals surface area contributed by atoms with Gasteiger partial charge in [0.15, 0.2) is 0 Å². The number of aromatic nitrogens is 1. The van der Waals surface area contributed by atoms with Gasteiger partial charge in [-0.25, -0.2) is 4.98 Å². The predicted octanol–water partition coefficient (Wildman–Crippen LogP) is 0.833. The molecule has 0 unspecified atom stereocenters. The highest BCUT2D eigenvalue weighted by Crippen LogP contribution is 2.10. The Balaban J connectivity index is 2.12. The highest BCUT2D eigenvalue weighted by atomic mass is 35.5. The molecule has 0 aliphatic heterocycles. The molecule has 0 aliphatic carbocycles. The molecule has 0 amide bonds. The summed E-state index contributed by atoms with van der Waals surface area (Å²) in [5.74, 6) is 0. The van der Waals surface area contributed by atoms with Crippen LogP contribution in [0, 0.1) is 0 Å². The van der Waals surface area contributed by atoms with E-state index in [2.05, 4.69) is 10.3 Å². The molecule has 1 heterocycles. The fourth-order valence-electron chi connectivity index (χ4n) is 1.09. The van der Waals surface area contributed by atoms with Gasteiger partial charge in [0, 0.05) is 24.8 Å². The minimum atomic E-state index is 0.0639. The van der Waals surface area contributed by atoms with Crippen molar-refractivity contribution in [2.24, 2.45) is 0 Å². The monoisotopic (exact) mass is 230 g/mol. The van der Waals surface area contributed by atoms with Crippen LogP contribution < -0.4 is 5.32 Å². The van der Waals surface area contributed by atoms with E-state index >= 15 is 0 Å². The summed E-state index contributed by atoms with van der Waals surface area (Å²) in [6.07, 6.45) is 1.66. The number of pyridine rings is 1. The van der Waals surface area contributed by atoms with Crippen molar-refractivity contribution >= 4 is 11.6 Å². The molecule has 1 aromatic heterocycles. The number of hydrogen-bond acceptors (Lipinski definition) is 4. The lowest BCUT2D eigenvalue weighted by molar-refractivity contribution is 0.0938. The van der Waals surface area contributed by atoms with Gasteiger partial charge < -0.3 is 15.2 Å². The van der Waals surface area contributed by atoms with E-state index in [-0.39, 0.29) is 6.61 Å². The fourth-order valence-corrected chi connectivity index (χ4v) is 1.27. The van der Waals surface area contributed by atoms with E-state index in [9.17, 15) is 0 Å². The summed E-state index contributed by atoms with van der Waals surface area (Å²) >= 11 is 5.87. The van der Waals surface area contributed by atoms with Crippen molar-refractivity contribution in [3.8, 4) is 0 Å². The third-order valence-electron chi connectivity index (χ3n) is 1.81. The average Bonchev–Trinajstić information content (AvgIpc) is 2.25. The van der Waals surface area contributed by atoms with Crippen LogP contribution in [0.5, 0.6) is 0 Å². The second-order valence-electron chi connectivity index (χ2n) is 2.97. The van der Waals surface area contributed by atoms with E-state index in [1.54, 1.807) is 6.20 Å². The van der Waals surface area contributed by atoms with Gasteiger partial charge in [0.1, 0.15) is 5.15 Å². The molecule has 84 valence electrons. The maximum Gasteiger partial charge on any atom is 0.133 e. The highest BCUT2D eigenvalue weighted by Gasteiger charge is 1.98. The molecule has 1 rings (SSSR count). The van der Waals surface area contributed by atoms with Gasteiger partial charge >= 0.3 is 0 Å². The second-order valence-corrected chi connectivity index (χ2v) is 3.32. The van der Waals surface area contributed by atoms with Crippen molar-refractivity contribution in [1.82, 2.24) is 10.3 Å². The van der Waals surface area contributed by atoms with Crippen LogP contribution in [0.25, 0.3) is 0 Å². The van der Waals surface area contributed by atoms with Crippen molar-refractivity contribution in [2.75, 3.05) is 26.4 Å². The molecule has 0 aliphatic rings. The molecule has 0 aromatic carbocycles. The van der Waals surface area contributed by atoms with Crippen molar-refractivity contribution in [3.63, 3.8) is 0 Å². The maximum absolute atomic E-state index is 8.47. The first-order chi connectivity index (χ1) is 7.34. The number of ether oxygens (including phenoxy) is 1. The molecule has 5 heteroatoms. The molecule has 0 radical (unpaired) electrons. The molecule has 0 fully saturated rings. The number of nitrogens with one attached hydrogen (secondary N) is 1. The molecule has 0 spiro atoms. The molecule has 2 N–H and O–H groups in total. The third kappa shape index (κ3) is 5.09. The number of hydrogen-bond donors (Lipinski definition) is 2. The summed E-state index contributed by atoms with van der Waals surface area (Å²) in [5.41, 5.74) is 0.973. The van der Waals surface area contributed by atoms with Crippen LogP contribution in [0.4, 0.5) is 0 Å². The van der Waals surface area contributed by atoms with E-state index in [1.165, 1.54) is 0 Å². The Hall–Kier alpha value is -0.680. The first-order valence-electron chi connectivity index (χ1n) is 4.83. The van der Waals surface area contributed by atoms with E-state index in [4.69, 9.17) is 21.4 Å². The number of halogens is 1. The van der Waals surface area contributed by atoms with E-state index < -0.39 is 0 Å². The van der Waals surface area contributed by atoms with Crippen molar-refractivity contribution in [1.29, 1.82) is 0 Å². The summed E-state index contributed by atoms with van der Waals surface area (Å²) < 4.78 is 5.09. The summed E-state index contributed by atoms with van der Waals surface area (Å²) in [6, 6.07) is 3.78. The smallest absolute Gasteiger partial charge is 0.133 e. The van der Waals surface area contributed by atoms with Gasteiger partial charge in [-0.2, -0.15) is 0 Å². The molecular formula is C10H15ClN2O2. The normalized spacial score (nSPS) is 10.5. The average molecular weight is 231 g/mol. The van der Waals surface area contributed by atoms with Gasteiger partial charge in [0.2, 0.25) is 0 Å². The zero-order valence-corrected chi connectivity index (χ0v) is 9.20. The number of aliphatic hydroxyl groups excluding tert-OH is 1. The van der Waals surface area contributed by atoms with Gasteiger partial charge in [-0.15, -0.1) is 0 Å². The summed E-state index contributed by atoms with van der Waals surface area (Å²) in [6.45, 7) is 2.43. The first-order valence-corrected chi connectivity index (χ1v) is 5.21. The molecule has 4 nitrogen and oxygen atoms in total. The SMILES string of the molecule is OCCOCCNCc1cccnc1Cl. The van der Waals surface area contributed by atoms with Crippen LogP contribution >= 0.6 is 11.6 Å². The van der Waals surface area contributed by atoms with Gasteiger partial charge in [-0.1, -0.05) is 17.7 Å². The van der Waals surface area contributed by atoms with Crippen LogP contribution in [0.2, 0.25) is 5.15 Å². The summed E-state index contributed by atoms with van der Waals surface area (Å²) in [5, 5.41) is 12.2. The molecule has 0 bridgehead atoms. The van der Waals surface area contributed by atoms with Crippen LogP contribution in [0.15, 0.2) is 18.3 Å². The number of aliphatic hydroxyl groups is 1. The van der Waals surface area contributed by atoms with Crippen molar-refractivity contribution in [3.05, 3.63) is 29.0 Å². The number of rotatable bonds is 7. The van der Waals surface area contributed by atoms with Crippen LogP contribution in [-0.2, 0) is 11.3 Å². The molecule has 15 heavy (non-hydrogen) atoms. The lowest BCUT2D eigenvalue weighted by Crippen LogP contribution is -2.20. The molecular weight excluding hydrogens is 216 g/mol. The Bertz CT molecular complexity index is 284. The van der Waals surface area contributed by atoms with E-state index in [0.29, 0.717) is 24.9 Å². The summed E-state index contributed by atoms with van der Waals surface area (Å²) in [4.78, 5) is 3.97. The van der Waals surface area contributed by atoms with Crippen molar-refractivity contribution in [2.45, 2.75) is 6.54 Å². The molecule has 0 saturated carbocycles. The standard InChI is InChI=1S/C10H15ClN2O2/c11-10-9(2-1-3-13-10)8-12-4-6-15-7-5-14/h1-3,12,14H,4-8H2. The maximum atomic E-state index is 8.47. The predicted molar refractivity (Wildman–Crippen MR) is 58.9 cm³/mol. The molecule has 0 atom stereocenters. The lowest BCUT2D eigenvalue weighted by atomic mass is 10.3. The second kappa shape index (κ2) is 7.59. The van der Waals surface area contributed by atoms with Gasteiger partial charge in [-0.05, 0) is 6.07 Å². The Morgan fingerprint density at radius 2 is 2.33 bits per heavy atom. The first kappa shape index (κ1) is 12.4. The Morgan fingerprint density at radius 1 is 1.47 bits per heavy atom. The fraction of sp³-hybridized carbons (Fsp3) is 0.500. The van der Waals surface area contributed by atoms with Crippen molar-refractivity contribution < 1.29 is 9.84 Å². The van der Waals surface area contributed by atoms with Gasteiger partial charge in [-0.3, -0.25) is 0 Å². The minimum absolute atomic E-state index is 0.0639. The Labute approximate surface area is 94.2 Å². The Kier molecular flexibility index (Phi) is 6.27. The highest BCUT2D eigenvalue weighted by molar-refractivity contribution is 6.30. The van der Waals surface area contributed by atoms with E-state index in [0.717, 1.165) is 12.1 Å². The zero-order chi connectivity index (χ0) is 10.9. The molecule has 1 aromatic rings. The quantitative estimate of drug-likeness (QED) is 0.538. The molecule has 0 saturated heterocycles. The Morgan fingerprint density at radius 3 is 3.07 bits per heavy atom. The summed E-state index contributed by atoms with van der Waals surface area (Å²) in [7, 11) is 0. The lowest BCUT2D eigenvalue weighted by Gasteiger charge is -2.06. The van der Waals surface area contributed by atoms with Gasteiger partial charge in [0.25, 0.3) is 0 Å². The zero-order valence-electron chi connectivity index (χ0n) is 8.45. The van der Waals surface area contributed by atoms with Crippen LogP contribution in [0.3, 0.4) is 0 Å². The van der Waals surface area contributed by atoms with Gasteiger partial charge in [0.05, 0.1) is 19.8 Å². The van der Waals surface area contributed by atoms with E-state index in [1.807, 2.05) is 12.1 Å². The third-order valence-corrected chi connectivity index (χ3v) is 2.15. The van der Waals surface area contributed by atoms with Crippen LogP contribution in [0.1, 0.15) is 5.56 Å². The topological polar surface area (TPSA) is 54.4 Å². The van der Waals surface area contributed by atoms with Crippen LogP contribution in [-0.4, -0.2) is 36.5 Å².